The van der Waals surface area contributed by atoms with Gasteiger partial charge in [-0.15, -0.1) is 0 Å². The van der Waals surface area contributed by atoms with Crippen molar-refractivity contribution >= 4 is 21.6 Å². The number of ether oxygens (including phenoxy) is 1. The number of amides is 1. The summed E-state index contributed by atoms with van der Waals surface area (Å²) < 4.78 is 27.9. The fourth-order valence-corrected chi connectivity index (χ4v) is 2.58. The van der Waals surface area contributed by atoms with Crippen LogP contribution in [0.1, 0.15) is 0 Å². The summed E-state index contributed by atoms with van der Waals surface area (Å²) in [7, 11) is -3.89. The average Bonchev–Trinajstić information content (AvgIpc) is 2.75. The maximum Gasteiger partial charge on any atom is 0.240 e. The number of primary sulfonamides is 1. The van der Waals surface area contributed by atoms with Gasteiger partial charge in [-0.2, -0.15) is 0 Å². The van der Waals surface area contributed by atoms with Crippen LogP contribution in [0.25, 0.3) is 0 Å². The summed E-state index contributed by atoms with van der Waals surface area (Å²) in [5.41, 5.74) is 5.88. The summed E-state index contributed by atoms with van der Waals surface area (Å²) in [6, 6.07) is 5.55. The number of sulfonamides is 1. The van der Waals surface area contributed by atoms with Gasteiger partial charge in [0.1, 0.15) is 4.90 Å². The first-order valence-corrected chi connectivity index (χ1v) is 7.20. The maximum absolute atomic E-state index is 12.0. The predicted molar refractivity (Wildman–Crippen MR) is 68.7 cm³/mol. The first-order chi connectivity index (χ1) is 8.89. The van der Waals surface area contributed by atoms with Gasteiger partial charge in [0.2, 0.25) is 15.9 Å². The topological polar surface area (TPSA) is 125 Å². The molecule has 8 heteroatoms. The molecule has 1 aromatic rings. The van der Waals surface area contributed by atoms with Crippen LogP contribution in [-0.4, -0.2) is 33.6 Å². The van der Waals surface area contributed by atoms with Crippen LogP contribution in [0.4, 0.5) is 5.69 Å². The molecule has 0 spiro atoms. The number of anilines is 1. The van der Waals surface area contributed by atoms with Crippen molar-refractivity contribution in [1.82, 2.24) is 0 Å². The van der Waals surface area contributed by atoms with Gasteiger partial charge in [-0.3, -0.25) is 4.79 Å². The average molecular weight is 285 g/mol. The van der Waals surface area contributed by atoms with Gasteiger partial charge in [0.05, 0.1) is 24.8 Å². The Morgan fingerprint density at radius 3 is 2.58 bits per heavy atom. The van der Waals surface area contributed by atoms with E-state index in [4.69, 9.17) is 15.6 Å². The van der Waals surface area contributed by atoms with E-state index in [1.165, 1.54) is 18.2 Å². The van der Waals surface area contributed by atoms with E-state index in [2.05, 4.69) is 5.32 Å². The molecule has 2 unspecified atom stereocenters. The van der Waals surface area contributed by atoms with Crippen molar-refractivity contribution in [2.24, 2.45) is 16.8 Å². The Labute approximate surface area is 111 Å². The minimum Gasteiger partial charge on any atom is -0.379 e. The van der Waals surface area contributed by atoms with Crippen molar-refractivity contribution < 1.29 is 17.9 Å². The highest BCUT2D eigenvalue weighted by atomic mass is 32.2. The molecule has 1 fully saturated rings. The van der Waals surface area contributed by atoms with E-state index in [1.807, 2.05) is 0 Å². The van der Waals surface area contributed by atoms with E-state index in [1.54, 1.807) is 6.07 Å². The molecule has 0 radical (unpaired) electrons. The third kappa shape index (κ3) is 3.10. The third-order valence-corrected chi connectivity index (χ3v) is 3.88. The third-order valence-electron chi connectivity index (χ3n) is 2.91. The van der Waals surface area contributed by atoms with Crippen LogP contribution < -0.4 is 16.2 Å². The minimum absolute atomic E-state index is 0.129. The minimum atomic E-state index is -3.89. The first-order valence-electron chi connectivity index (χ1n) is 5.65. The van der Waals surface area contributed by atoms with Crippen LogP contribution >= 0.6 is 0 Å². The molecule has 0 aliphatic carbocycles. The Hall–Kier alpha value is -1.48. The SMILES string of the molecule is NC1COCC1C(=O)Nc1ccccc1S(N)(=O)=O. The first kappa shape index (κ1) is 13.9. The van der Waals surface area contributed by atoms with Gasteiger partial charge < -0.3 is 15.8 Å². The zero-order valence-corrected chi connectivity index (χ0v) is 10.9. The standard InChI is InChI=1S/C11H15N3O4S/c12-8-6-18-5-7(8)11(15)14-9-3-1-2-4-10(9)19(13,16)17/h1-4,7-8H,5-6,12H2,(H,14,15)(H2,13,16,17). The number of rotatable bonds is 3. The van der Waals surface area contributed by atoms with Crippen LogP contribution in [0, 0.1) is 5.92 Å². The lowest BCUT2D eigenvalue weighted by molar-refractivity contribution is -0.120. The summed E-state index contributed by atoms with van der Waals surface area (Å²) in [6.45, 7) is 0.541. The quantitative estimate of drug-likeness (QED) is 0.673. The molecular formula is C11H15N3O4S. The monoisotopic (exact) mass is 285 g/mol. The highest BCUT2D eigenvalue weighted by Gasteiger charge is 2.32. The Bertz CT molecular complexity index is 587. The summed E-state index contributed by atoms with van der Waals surface area (Å²) in [6.07, 6.45) is 0. The maximum atomic E-state index is 12.0. The van der Waals surface area contributed by atoms with E-state index in [0.717, 1.165) is 0 Å². The molecule has 0 saturated carbocycles. The van der Waals surface area contributed by atoms with Crippen LogP contribution in [0.2, 0.25) is 0 Å². The molecule has 0 bridgehead atoms. The van der Waals surface area contributed by atoms with E-state index in [-0.39, 0.29) is 29.1 Å². The van der Waals surface area contributed by atoms with E-state index in [0.29, 0.717) is 6.61 Å². The highest BCUT2D eigenvalue weighted by molar-refractivity contribution is 7.89. The molecule has 2 atom stereocenters. The number of nitrogens with one attached hydrogen (secondary N) is 1. The number of carbonyl (C=O) groups excluding carboxylic acids is 1. The molecule has 0 aromatic heterocycles. The lowest BCUT2D eigenvalue weighted by atomic mass is 10.0. The molecule has 1 aliphatic heterocycles. The number of hydrogen-bond acceptors (Lipinski definition) is 5. The summed E-state index contributed by atoms with van der Waals surface area (Å²) in [5.74, 6) is -0.866. The van der Waals surface area contributed by atoms with E-state index >= 15 is 0 Å². The molecule has 5 N–H and O–H groups in total. The van der Waals surface area contributed by atoms with Crippen LogP contribution in [-0.2, 0) is 19.6 Å². The van der Waals surface area contributed by atoms with Gasteiger partial charge in [0, 0.05) is 6.04 Å². The van der Waals surface area contributed by atoms with Gasteiger partial charge in [-0.25, -0.2) is 13.6 Å². The molecule has 1 aromatic carbocycles. The molecule has 104 valence electrons. The Balaban J connectivity index is 2.22. The Morgan fingerprint density at radius 1 is 1.32 bits per heavy atom. The van der Waals surface area contributed by atoms with Gasteiger partial charge in [0.15, 0.2) is 0 Å². The van der Waals surface area contributed by atoms with E-state index < -0.39 is 15.9 Å². The normalized spacial score (nSPS) is 23.3. The Morgan fingerprint density at radius 2 is 2.00 bits per heavy atom. The molecule has 1 saturated heterocycles. The number of para-hydroxylation sites is 1. The molecule has 19 heavy (non-hydrogen) atoms. The number of benzene rings is 1. The summed E-state index contributed by atoms with van der Waals surface area (Å²) in [4.78, 5) is 11.9. The van der Waals surface area contributed by atoms with Crippen molar-refractivity contribution in [2.45, 2.75) is 10.9 Å². The van der Waals surface area contributed by atoms with Crippen molar-refractivity contribution in [3.05, 3.63) is 24.3 Å². The number of nitrogens with two attached hydrogens (primary N) is 2. The van der Waals surface area contributed by atoms with Gasteiger partial charge >= 0.3 is 0 Å². The second-order valence-electron chi connectivity index (χ2n) is 4.34. The molecule has 7 nitrogen and oxygen atoms in total. The lowest BCUT2D eigenvalue weighted by Gasteiger charge is -2.15. The highest BCUT2D eigenvalue weighted by Crippen LogP contribution is 2.21. The Kier molecular flexibility index (Phi) is 3.85. The number of carbonyl (C=O) groups is 1. The zero-order chi connectivity index (χ0) is 14.0. The van der Waals surface area contributed by atoms with Gasteiger partial charge in [0.25, 0.3) is 0 Å². The molecular weight excluding hydrogens is 270 g/mol. The van der Waals surface area contributed by atoms with Gasteiger partial charge in [-0.1, -0.05) is 12.1 Å². The second-order valence-corrected chi connectivity index (χ2v) is 5.87. The second kappa shape index (κ2) is 5.25. The van der Waals surface area contributed by atoms with Crippen LogP contribution in [0.5, 0.6) is 0 Å². The molecule has 1 heterocycles. The number of hydrogen-bond donors (Lipinski definition) is 3. The fraction of sp³-hybridized carbons (Fsp3) is 0.364. The van der Waals surface area contributed by atoms with Gasteiger partial charge in [-0.05, 0) is 12.1 Å². The fourth-order valence-electron chi connectivity index (χ4n) is 1.88. The largest absolute Gasteiger partial charge is 0.379 e. The van der Waals surface area contributed by atoms with E-state index in [9.17, 15) is 13.2 Å². The van der Waals surface area contributed by atoms with Crippen molar-refractivity contribution in [2.75, 3.05) is 18.5 Å². The van der Waals surface area contributed by atoms with Crippen molar-refractivity contribution in [3.8, 4) is 0 Å². The summed E-state index contributed by atoms with van der Waals surface area (Å²) >= 11 is 0. The van der Waals surface area contributed by atoms with Crippen molar-refractivity contribution in [3.63, 3.8) is 0 Å². The smallest absolute Gasteiger partial charge is 0.240 e. The summed E-state index contributed by atoms with van der Waals surface area (Å²) in [5, 5.41) is 7.62. The molecule has 2 rings (SSSR count). The van der Waals surface area contributed by atoms with Crippen molar-refractivity contribution in [1.29, 1.82) is 0 Å². The zero-order valence-electron chi connectivity index (χ0n) is 10.1. The molecule has 1 aliphatic rings. The lowest BCUT2D eigenvalue weighted by Crippen LogP contribution is -2.37. The van der Waals surface area contributed by atoms with Crippen LogP contribution in [0.15, 0.2) is 29.2 Å². The van der Waals surface area contributed by atoms with Crippen LogP contribution in [0.3, 0.4) is 0 Å². The predicted octanol–water partition coefficient (Wildman–Crippen LogP) is -0.754. The molecule has 1 amide bonds.